The van der Waals surface area contributed by atoms with E-state index in [0.29, 0.717) is 11.7 Å². The van der Waals surface area contributed by atoms with Gasteiger partial charge in [-0.05, 0) is 72.5 Å². The van der Waals surface area contributed by atoms with Crippen LogP contribution in [0.5, 0.6) is 0 Å². The van der Waals surface area contributed by atoms with Crippen molar-refractivity contribution >= 4 is 29.3 Å². The molecule has 0 atom stereocenters. The van der Waals surface area contributed by atoms with Crippen molar-refractivity contribution in [2.24, 2.45) is 0 Å². The van der Waals surface area contributed by atoms with E-state index < -0.39 is 0 Å². The molecule has 1 aromatic heterocycles. The lowest BCUT2D eigenvalue weighted by Gasteiger charge is -2.21. The van der Waals surface area contributed by atoms with Gasteiger partial charge in [0.2, 0.25) is 17.0 Å². The van der Waals surface area contributed by atoms with Gasteiger partial charge >= 0.3 is 0 Å². The highest BCUT2D eigenvalue weighted by Crippen LogP contribution is 2.21. The third kappa shape index (κ3) is 5.94. The normalized spacial score (nSPS) is 10.8. The van der Waals surface area contributed by atoms with Gasteiger partial charge in [0, 0.05) is 12.2 Å². The lowest BCUT2D eigenvalue weighted by Crippen LogP contribution is -2.39. The fourth-order valence-electron chi connectivity index (χ4n) is 3.14. The third-order valence-electron chi connectivity index (χ3n) is 5.10. The smallest absolute Gasteiger partial charge is 0.244 e. The number of carbonyl (C=O) groups excluding carboxylic acids is 2. The molecule has 8 nitrogen and oxygen atoms in total. The number of benzene rings is 2. The summed E-state index contributed by atoms with van der Waals surface area (Å²) in [5, 5.41) is 15.3. The maximum Gasteiger partial charge on any atom is 0.244 e. The van der Waals surface area contributed by atoms with Crippen molar-refractivity contribution < 1.29 is 9.59 Å². The van der Waals surface area contributed by atoms with Crippen LogP contribution in [0.15, 0.2) is 47.6 Å². The summed E-state index contributed by atoms with van der Waals surface area (Å²) >= 11 is 1.26. The first-order chi connectivity index (χ1) is 15.4. The summed E-state index contributed by atoms with van der Waals surface area (Å²) < 4.78 is 1.62. The summed E-state index contributed by atoms with van der Waals surface area (Å²) in [6.07, 6.45) is 0.758. The van der Waals surface area contributed by atoms with Crippen LogP contribution in [0.3, 0.4) is 0 Å². The molecular formula is C23H28N6O2S. The maximum atomic E-state index is 12.9. The first-order valence-corrected chi connectivity index (χ1v) is 11.5. The molecule has 0 saturated carbocycles. The molecule has 0 aliphatic carbocycles. The van der Waals surface area contributed by atoms with Gasteiger partial charge < -0.3 is 10.2 Å². The highest BCUT2D eigenvalue weighted by Gasteiger charge is 2.19. The largest absolute Gasteiger partial charge is 0.333 e. The topological polar surface area (TPSA) is 93.0 Å². The van der Waals surface area contributed by atoms with E-state index in [1.54, 1.807) is 9.58 Å². The molecule has 0 fully saturated rings. The SMILES string of the molecule is CCCN(CC(=O)Nc1ccccc1C)C(=O)CSc1nnnn1-c1ccc(C)c(C)c1. The van der Waals surface area contributed by atoms with Crippen LogP contribution in [0, 0.1) is 20.8 Å². The first kappa shape index (κ1) is 23.5. The van der Waals surface area contributed by atoms with E-state index in [0.717, 1.165) is 28.9 Å². The standard InChI is InChI=1S/C23H28N6O2S/c1-5-12-28(14-21(30)24-20-9-7-6-8-17(20)3)22(31)15-32-23-25-26-27-29(23)19-11-10-16(2)18(4)13-19/h6-11,13H,5,12,14-15H2,1-4H3,(H,24,30). The molecule has 0 aliphatic heterocycles. The molecule has 0 saturated heterocycles. The van der Waals surface area contributed by atoms with E-state index >= 15 is 0 Å². The Balaban J connectivity index is 1.63. The summed E-state index contributed by atoms with van der Waals surface area (Å²) in [5.41, 5.74) is 4.89. The molecule has 1 N–H and O–H groups in total. The number of amides is 2. The van der Waals surface area contributed by atoms with Gasteiger partial charge in [-0.1, -0.05) is 43.0 Å². The Morgan fingerprint density at radius 3 is 2.56 bits per heavy atom. The average molecular weight is 453 g/mol. The molecule has 2 aromatic carbocycles. The second-order valence-corrected chi connectivity index (χ2v) is 8.55. The number of aryl methyl sites for hydroxylation is 3. The predicted molar refractivity (Wildman–Crippen MR) is 126 cm³/mol. The van der Waals surface area contributed by atoms with Crippen LogP contribution >= 0.6 is 11.8 Å². The van der Waals surface area contributed by atoms with Crippen LogP contribution in [-0.4, -0.2) is 55.8 Å². The summed E-state index contributed by atoms with van der Waals surface area (Å²) in [7, 11) is 0. The molecular weight excluding hydrogens is 424 g/mol. The van der Waals surface area contributed by atoms with Gasteiger partial charge in [-0.15, -0.1) is 5.10 Å². The van der Waals surface area contributed by atoms with Gasteiger partial charge in [0.05, 0.1) is 18.0 Å². The van der Waals surface area contributed by atoms with E-state index in [4.69, 9.17) is 0 Å². The van der Waals surface area contributed by atoms with Gasteiger partial charge in [-0.25, -0.2) is 0 Å². The molecule has 2 amide bonds. The van der Waals surface area contributed by atoms with Gasteiger partial charge in [-0.3, -0.25) is 9.59 Å². The number of aromatic nitrogens is 4. The van der Waals surface area contributed by atoms with Crippen molar-refractivity contribution in [3.8, 4) is 5.69 Å². The summed E-state index contributed by atoms with van der Waals surface area (Å²) in [4.78, 5) is 27.0. The molecule has 168 valence electrons. The second-order valence-electron chi connectivity index (χ2n) is 7.61. The van der Waals surface area contributed by atoms with Crippen LogP contribution in [0.1, 0.15) is 30.0 Å². The van der Waals surface area contributed by atoms with E-state index in [-0.39, 0.29) is 24.1 Å². The predicted octanol–water partition coefficient (Wildman–Crippen LogP) is 3.56. The number of tetrazole rings is 1. The zero-order chi connectivity index (χ0) is 23.1. The van der Waals surface area contributed by atoms with Gasteiger partial charge in [0.15, 0.2) is 0 Å². The number of anilines is 1. The Bertz CT molecular complexity index is 1100. The molecule has 0 bridgehead atoms. The fraction of sp³-hybridized carbons (Fsp3) is 0.348. The Kier molecular flexibility index (Phi) is 7.99. The third-order valence-corrected chi connectivity index (χ3v) is 6.00. The quantitative estimate of drug-likeness (QED) is 0.499. The molecule has 32 heavy (non-hydrogen) atoms. The Morgan fingerprint density at radius 1 is 1.06 bits per heavy atom. The Morgan fingerprint density at radius 2 is 1.84 bits per heavy atom. The number of rotatable bonds is 9. The number of nitrogens with zero attached hydrogens (tertiary/aromatic N) is 5. The fourth-order valence-corrected chi connectivity index (χ4v) is 3.94. The van der Waals surface area contributed by atoms with Crippen molar-refractivity contribution in [2.45, 2.75) is 39.3 Å². The number of nitrogens with one attached hydrogen (secondary N) is 1. The van der Waals surface area contributed by atoms with Crippen LogP contribution in [-0.2, 0) is 9.59 Å². The maximum absolute atomic E-state index is 12.9. The highest BCUT2D eigenvalue weighted by molar-refractivity contribution is 7.99. The van der Waals surface area contributed by atoms with E-state index in [1.165, 1.54) is 17.3 Å². The minimum atomic E-state index is -0.217. The first-order valence-electron chi connectivity index (χ1n) is 10.5. The monoisotopic (exact) mass is 452 g/mol. The van der Waals surface area contributed by atoms with E-state index in [2.05, 4.69) is 20.8 Å². The number of carbonyl (C=O) groups is 2. The summed E-state index contributed by atoms with van der Waals surface area (Å²) in [6, 6.07) is 13.5. The highest BCUT2D eigenvalue weighted by atomic mass is 32.2. The van der Waals surface area contributed by atoms with Gasteiger partial charge in [-0.2, -0.15) is 4.68 Å². The number of para-hydroxylation sites is 1. The molecule has 0 unspecified atom stereocenters. The van der Waals surface area contributed by atoms with E-state index in [1.807, 2.05) is 70.2 Å². The molecule has 3 aromatic rings. The van der Waals surface area contributed by atoms with Crippen LogP contribution < -0.4 is 5.32 Å². The van der Waals surface area contributed by atoms with Crippen molar-refractivity contribution in [3.63, 3.8) is 0 Å². The second kappa shape index (κ2) is 10.9. The summed E-state index contributed by atoms with van der Waals surface area (Å²) in [5.74, 6) is -0.208. The molecule has 0 aliphatic rings. The van der Waals surface area contributed by atoms with Gasteiger partial charge in [0.25, 0.3) is 0 Å². The van der Waals surface area contributed by atoms with Crippen molar-refractivity contribution in [3.05, 3.63) is 59.2 Å². The average Bonchev–Trinajstić information content (AvgIpc) is 3.24. The molecule has 9 heteroatoms. The minimum absolute atomic E-state index is 0.00364. The molecule has 0 spiro atoms. The number of hydrogen-bond donors (Lipinski definition) is 1. The Labute approximate surface area is 192 Å². The lowest BCUT2D eigenvalue weighted by atomic mass is 10.1. The molecule has 1 heterocycles. The van der Waals surface area contributed by atoms with Crippen LogP contribution in [0.25, 0.3) is 5.69 Å². The van der Waals surface area contributed by atoms with E-state index in [9.17, 15) is 9.59 Å². The number of thioether (sulfide) groups is 1. The molecule has 0 radical (unpaired) electrons. The van der Waals surface area contributed by atoms with Gasteiger partial charge in [0.1, 0.15) is 0 Å². The van der Waals surface area contributed by atoms with Crippen LogP contribution in [0.2, 0.25) is 0 Å². The Hall–Kier alpha value is -3.20. The minimum Gasteiger partial charge on any atom is -0.333 e. The molecule has 3 rings (SSSR count). The van der Waals surface area contributed by atoms with Crippen molar-refractivity contribution in [2.75, 3.05) is 24.2 Å². The zero-order valence-electron chi connectivity index (χ0n) is 18.8. The van der Waals surface area contributed by atoms with Crippen molar-refractivity contribution in [1.29, 1.82) is 0 Å². The van der Waals surface area contributed by atoms with Crippen molar-refractivity contribution in [1.82, 2.24) is 25.1 Å². The zero-order valence-corrected chi connectivity index (χ0v) is 19.6. The number of hydrogen-bond acceptors (Lipinski definition) is 6. The van der Waals surface area contributed by atoms with Crippen LogP contribution in [0.4, 0.5) is 5.69 Å². The lowest BCUT2D eigenvalue weighted by molar-refractivity contribution is -0.132. The summed E-state index contributed by atoms with van der Waals surface area (Å²) in [6.45, 7) is 8.50.